The van der Waals surface area contributed by atoms with Crippen molar-refractivity contribution in [1.82, 2.24) is 20.4 Å². The molecule has 41 heavy (non-hydrogen) atoms. The number of benzene rings is 2. The van der Waals surface area contributed by atoms with Crippen LogP contribution in [0.5, 0.6) is 11.5 Å². The number of aromatic nitrogens is 3. The number of carbonyl (C=O) groups is 1. The van der Waals surface area contributed by atoms with E-state index in [0.717, 1.165) is 17.1 Å². The number of rotatable bonds is 11. The van der Waals surface area contributed by atoms with E-state index >= 15 is 0 Å². The number of hydrogen-bond donors (Lipinski definition) is 4. The van der Waals surface area contributed by atoms with E-state index in [1.165, 1.54) is 32.0 Å². The summed E-state index contributed by atoms with van der Waals surface area (Å²) in [6.45, 7) is 1.73. The fourth-order valence-electron chi connectivity index (χ4n) is 3.74. The van der Waals surface area contributed by atoms with Gasteiger partial charge in [0.25, 0.3) is 0 Å². The van der Waals surface area contributed by atoms with Gasteiger partial charge in [0.2, 0.25) is 5.89 Å². The zero-order chi connectivity index (χ0) is 29.4. The highest BCUT2D eigenvalue weighted by atomic mass is 79.9. The maximum Gasteiger partial charge on any atom is 0.339 e. The highest BCUT2D eigenvalue weighted by Crippen LogP contribution is 2.39. The van der Waals surface area contributed by atoms with Crippen LogP contribution in [0.2, 0.25) is 0 Å². The van der Waals surface area contributed by atoms with Gasteiger partial charge in [-0.3, -0.25) is 4.98 Å². The number of hydrogen-bond acceptors (Lipinski definition) is 11. The van der Waals surface area contributed by atoms with Crippen LogP contribution < -0.4 is 20.7 Å². The average Bonchev–Trinajstić information content (AvgIpc) is 3.41. The number of aryl methyl sites for hydroxylation is 1. The molecular weight excluding hydrogens is 632 g/mol. The number of halogens is 1. The minimum absolute atomic E-state index is 0.0878. The van der Waals surface area contributed by atoms with Crippen LogP contribution in [0, 0.1) is 6.92 Å². The third-order valence-corrected chi connectivity index (χ3v) is 7.78. The summed E-state index contributed by atoms with van der Waals surface area (Å²) >= 11 is 10.4. The minimum atomic E-state index is -0.601. The number of pyridine rings is 1. The molecule has 2 aromatic carbocycles. The van der Waals surface area contributed by atoms with Crippen LogP contribution in [0.25, 0.3) is 0 Å². The summed E-state index contributed by atoms with van der Waals surface area (Å²) in [6, 6.07) is 12.4. The first-order valence-electron chi connectivity index (χ1n) is 12.2. The normalized spacial score (nSPS) is 11.4. The molecule has 4 rings (SSSR count). The molecule has 4 aromatic rings. The van der Waals surface area contributed by atoms with Gasteiger partial charge in [0, 0.05) is 52.6 Å². The first kappa shape index (κ1) is 30.1. The lowest BCUT2D eigenvalue weighted by molar-refractivity contribution is 0.0597. The molecule has 214 valence electrons. The number of esters is 1. The SMILES string of the molecule is COC(=O)c1c(Br)c(OC)cc(O)c1CSCC(NC(=S)Nc1ccc(Nc2ccncc2)cc1)c1nc(C)no1. The maximum absolute atomic E-state index is 12.5. The van der Waals surface area contributed by atoms with Crippen molar-refractivity contribution in [3.8, 4) is 11.5 Å². The largest absolute Gasteiger partial charge is 0.507 e. The van der Waals surface area contributed by atoms with Crippen LogP contribution in [0.1, 0.15) is 33.7 Å². The molecule has 14 heteroatoms. The highest BCUT2D eigenvalue weighted by molar-refractivity contribution is 9.10. The van der Waals surface area contributed by atoms with Crippen molar-refractivity contribution >= 4 is 68.1 Å². The van der Waals surface area contributed by atoms with Crippen molar-refractivity contribution in [3.63, 3.8) is 0 Å². The molecule has 1 atom stereocenters. The number of ether oxygens (including phenoxy) is 2. The number of phenolic OH excluding ortho intramolecular Hbond substituents is 1. The molecule has 11 nitrogen and oxygen atoms in total. The first-order chi connectivity index (χ1) is 19.8. The Bertz CT molecular complexity index is 1500. The fraction of sp³-hybridized carbons (Fsp3) is 0.222. The summed E-state index contributed by atoms with van der Waals surface area (Å²) in [7, 11) is 2.72. The molecule has 0 aliphatic carbocycles. The molecule has 1 unspecified atom stereocenters. The first-order valence-corrected chi connectivity index (χ1v) is 14.5. The Balaban J connectivity index is 1.43. The Morgan fingerprint density at radius 3 is 2.46 bits per heavy atom. The molecular formula is C27H27BrN6O5S2. The van der Waals surface area contributed by atoms with E-state index in [4.69, 9.17) is 26.2 Å². The summed E-state index contributed by atoms with van der Waals surface area (Å²) in [4.78, 5) is 20.9. The lowest BCUT2D eigenvalue weighted by Crippen LogP contribution is -2.33. The van der Waals surface area contributed by atoms with E-state index < -0.39 is 12.0 Å². The van der Waals surface area contributed by atoms with Gasteiger partial charge < -0.3 is 35.1 Å². The van der Waals surface area contributed by atoms with E-state index in [9.17, 15) is 9.90 Å². The maximum atomic E-state index is 12.5. The highest BCUT2D eigenvalue weighted by Gasteiger charge is 2.25. The molecule has 0 amide bonds. The number of thioether (sulfide) groups is 1. The van der Waals surface area contributed by atoms with Crippen LogP contribution in [0.4, 0.5) is 17.1 Å². The van der Waals surface area contributed by atoms with Crippen LogP contribution in [-0.2, 0) is 10.5 Å². The number of anilines is 3. The van der Waals surface area contributed by atoms with Crippen LogP contribution in [-0.4, -0.2) is 51.3 Å². The fourth-order valence-corrected chi connectivity index (χ4v) is 5.75. The number of phenols is 1. The second kappa shape index (κ2) is 14.1. The van der Waals surface area contributed by atoms with Gasteiger partial charge in [0.1, 0.15) is 17.5 Å². The summed E-state index contributed by atoms with van der Waals surface area (Å²) in [5.41, 5.74) is 3.22. The molecule has 0 aliphatic heterocycles. The summed E-state index contributed by atoms with van der Waals surface area (Å²) in [6.07, 6.45) is 3.44. The molecule has 0 spiro atoms. The zero-order valence-corrected chi connectivity index (χ0v) is 25.5. The number of thiocarbonyl (C=S) groups is 1. The number of nitrogens with one attached hydrogen (secondary N) is 3. The summed E-state index contributed by atoms with van der Waals surface area (Å²) < 4.78 is 16.0. The van der Waals surface area contributed by atoms with Gasteiger partial charge in [-0.25, -0.2) is 4.79 Å². The van der Waals surface area contributed by atoms with Gasteiger partial charge in [0.15, 0.2) is 10.9 Å². The Morgan fingerprint density at radius 2 is 1.83 bits per heavy atom. The molecule has 0 bridgehead atoms. The van der Waals surface area contributed by atoms with Crippen molar-refractivity contribution in [1.29, 1.82) is 0 Å². The molecule has 0 fully saturated rings. The van der Waals surface area contributed by atoms with Crippen LogP contribution in [0.15, 0.2) is 63.9 Å². The molecule has 0 aliphatic rings. The predicted molar refractivity (Wildman–Crippen MR) is 165 cm³/mol. The number of methoxy groups -OCH3 is 2. The van der Waals surface area contributed by atoms with Gasteiger partial charge in [-0.2, -0.15) is 16.7 Å². The Morgan fingerprint density at radius 1 is 1.15 bits per heavy atom. The standard InChI is InChI=1S/C27H27BrN6O5S2/c1-15-30-25(39-34-15)20(14-41-13-19-21(35)12-22(37-2)24(28)23(19)26(36)38-3)33-27(40)32-17-6-4-16(5-7-17)31-18-8-10-29-11-9-18/h4-12,20,35H,13-14H2,1-3H3,(H,29,31)(H2,32,33,40). The average molecular weight is 660 g/mol. The summed E-state index contributed by atoms with van der Waals surface area (Å²) in [5, 5.41) is 24.6. The van der Waals surface area contributed by atoms with Crippen molar-refractivity contribution in [2.75, 3.05) is 30.6 Å². The number of carbonyl (C=O) groups excluding carboxylic acids is 1. The van der Waals surface area contributed by atoms with Crippen molar-refractivity contribution in [2.24, 2.45) is 0 Å². The second-order valence-electron chi connectivity index (χ2n) is 8.54. The third-order valence-electron chi connectivity index (χ3n) is 5.71. The van der Waals surface area contributed by atoms with E-state index in [2.05, 4.69) is 47.0 Å². The van der Waals surface area contributed by atoms with Gasteiger partial charge in [-0.15, -0.1) is 0 Å². The second-order valence-corrected chi connectivity index (χ2v) is 10.8. The van der Waals surface area contributed by atoms with Crippen molar-refractivity contribution < 1.29 is 23.9 Å². The monoisotopic (exact) mass is 658 g/mol. The molecule has 2 heterocycles. The lowest BCUT2D eigenvalue weighted by atomic mass is 10.1. The van der Waals surface area contributed by atoms with Crippen molar-refractivity contribution in [3.05, 3.63) is 82.2 Å². The minimum Gasteiger partial charge on any atom is -0.507 e. The van der Waals surface area contributed by atoms with Gasteiger partial charge in [-0.05, 0) is 71.5 Å². The van der Waals surface area contributed by atoms with E-state index in [-0.39, 0.29) is 17.1 Å². The van der Waals surface area contributed by atoms with Gasteiger partial charge >= 0.3 is 5.97 Å². The topological polar surface area (TPSA) is 144 Å². The Hall–Kier alpha value is -3.88. The lowest BCUT2D eigenvalue weighted by Gasteiger charge is -2.19. The Kier molecular flexibility index (Phi) is 10.4. The van der Waals surface area contributed by atoms with Gasteiger partial charge in [0.05, 0.1) is 24.3 Å². The molecule has 2 aromatic heterocycles. The molecule has 0 saturated heterocycles. The van der Waals surface area contributed by atoms with E-state index in [1.807, 2.05) is 36.4 Å². The quantitative estimate of drug-likeness (QED) is 0.115. The van der Waals surface area contributed by atoms with Gasteiger partial charge in [-0.1, -0.05) is 5.16 Å². The van der Waals surface area contributed by atoms with Crippen LogP contribution >= 0.6 is 39.9 Å². The molecule has 0 saturated carbocycles. The zero-order valence-electron chi connectivity index (χ0n) is 22.3. The predicted octanol–water partition coefficient (Wildman–Crippen LogP) is 5.74. The molecule has 0 radical (unpaired) electrons. The van der Waals surface area contributed by atoms with Crippen molar-refractivity contribution in [2.45, 2.75) is 18.7 Å². The Labute approximate surface area is 254 Å². The third kappa shape index (κ3) is 7.86. The van der Waals surface area contributed by atoms with E-state index in [0.29, 0.717) is 38.4 Å². The smallest absolute Gasteiger partial charge is 0.339 e. The van der Waals surface area contributed by atoms with Crippen LogP contribution in [0.3, 0.4) is 0 Å². The summed E-state index contributed by atoms with van der Waals surface area (Å²) in [5.74, 6) is 1.15. The molecule has 4 N–H and O–H groups in total. The number of nitrogens with zero attached hydrogens (tertiary/aromatic N) is 3. The number of aromatic hydroxyl groups is 1. The van der Waals surface area contributed by atoms with E-state index in [1.54, 1.807) is 19.3 Å².